The minimum atomic E-state index is -0.266. The van der Waals surface area contributed by atoms with Crippen molar-refractivity contribution in [3.63, 3.8) is 0 Å². The Balaban J connectivity index is 2.06. The second-order valence-electron chi connectivity index (χ2n) is 4.97. The number of hydrogen-bond acceptors (Lipinski definition) is 4. The molecule has 22 heavy (non-hydrogen) atoms. The standard InChI is InChI=1S/C15H19N3O4/c1-10(19)16-6-7-17-15(21)11-3-4-13-12(9-11)18(2)14(20)5-8-22-13/h3-4,9H,5-8H2,1-2H3,(H,16,19)(H,17,21). The first-order valence-corrected chi connectivity index (χ1v) is 7.05. The SMILES string of the molecule is CC(=O)NCCNC(=O)c1ccc2c(c1)N(C)C(=O)CCO2. The van der Waals surface area contributed by atoms with Crippen molar-refractivity contribution < 1.29 is 19.1 Å². The van der Waals surface area contributed by atoms with Crippen molar-refractivity contribution in [1.29, 1.82) is 0 Å². The van der Waals surface area contributed by atoms with Gasteiger partial charge in [-0.3, -0.25) is 14.4 Å². The zero-order valence-electron chi connectivity index (χ0n) is 12.6. The van der Waals surface area contributed by atoms with Crippen LogP contribution in [0.5, 0.6) is 5.75 Å². The molecule has 1 aliphatic heterocycles. The van der Waals surface area contributed by atoms with Gasteiger partial charge in [0.15, 0.2) is 0 Å². The molecule has 0 aromatic heterocycles. The number of benzene rings is 1. The van der Waals surface area contributed by atoms with E-state index in [9.17, 15) is 14.4 Å². The van der Waals surface area contributed by atoms with Crippen molar-refractivity contribution in [3.8, 4) is 5.75 Å². The highest BCUT2D eigenvalue weighted by Crippen LogP contribution is 2.31. The molecule has 1 aromatic carbocycles. The lowest BCUT2D eigenvalue weighted by Gasteiger charge is -2.17. The van der Waals surface area contributed by atoms with Crippen molar-refractivity contribution in [3.05, 3.63) is 23.8 Å². The third-order valence-electron chi connectivity index (χ3n) is 3.31. The lowest BCUT2D eigenvalue weighted by atomic mass is 10.1. The average Bonchev–Trinajstić information content (AvgIpc) is 2.63. The van der Waals surface area contributed by atoms with E-state index in [1.807, 2.05) is 0 Å². The van der Waals surface area contributed by atoms with E-state index in [1.165, 1.54) is 11.8 Å². The fourth-order valence-corrected chi connectivity index (χ4v) is 2.11. The Morgan fingerprint density at radius 3 is 2.73 bits per heavy atom. The van der Waals surface area contributed by atoms with E-state index in [4.69, 9.17) is 4.74 Å². The zero-order chi connectivity index (χ0) is 16.1. The van der Waals surface area contributed by atoms with Crippen LogP contribution in [0, 0.1) is 0 Å². The van der Waals surface area contributed by atoms with Crippen LogP contribution < -0.4 is 20.3 Å². The summed E-state index contributed by atoms with van der Waals surface area (Å²) in [5.41, 5.74) is 1.02. The van der Waals surface area contributed by atoms with Gasteiger partial charge >= 0.3 is 0 Å². The van der Waals surface area contributed by atoms with Gasteiger partial charge in [-0.05, 0) is 18.2 Å². The Hall–Kier alpha value is -2.57. The van der Waals surface area contributed by atoms with E-state index in [0.717, 1.165) is 0 Å². The smallest absolute Gasteiger partial charge is 0.251 e. The van der Waals surface area contributed by atoms with Crippen molar-refractivity contribution in [2.75, 3.05) is 31.6 Å². The van der Waals surface area contributed by atoms with E-state index < -0.39 is 0 Å². The van der Waals surface area contributed by atoms with Gasteiger partial charge in [0.05, 0.1) is 18.7 Å². The van der Waals surface area contributed by atoms with Crippen molar-refractivity contribution in [1.82, 2.24) is 10.6 Å². The van der Waals surface area contributed by atoms with Crippen molar-refractivity contribution >= 4 is 23.4 Å². The number of fused-ring (bicyclic) bond motifs is 1. The molecule has 0 saturated carbocycles. The Morgan fingerprint density at radius 2 is 2.00 bits per heavy atom. The number of rotatable bonds is 4. The molecule has 2 rings (SSSR count). The Bertz CT molecular complexity index is 600. The molecule has 3 amide bonds. The molecule has 0 atom stereocenters. The van der Waals surface area contributed by atoms with Gasteiger partial charge in [-0.1, -0.05) is 0 Å². The van der Waals surface area contributed by atoms with Crippen LogP contribution in [0.4, 0.5) is 5.69 Å². The van der Waals surface area contributed by atoms with E-state index in [0.29, 0.717) is 43.1 Å². The molecule has 7 nitrogen and oxygen atoms in total. The predicted octanol–water partition coefficient (Wildman–Crippen LogP) is 0.298. The second kappa shape index (κ2) is 6.93. The topological polar surface area (TPSA) is 87.7 Å². The van der Waals surface area contributed by atoms with Gasteiger partial charge in [0.2, 0.25) is 11.8 Å². The highest BCUT2D eigenvalue weighted by atomic mass is 16.5. The second-order valence-corrected chi connectivity index (χ2v) is 4.97. The third-order valence-corrected chi connectivity index (χ3v) is 3.31. The van der Waals surface area contributed by atoms with E-state index in [2.05, 4.69) is 10.6 Å². The molecular formula is C15H19N3O4. The fraction of sp³-hybridized carbons (Fsp3) is 0.400. The molecule has 0 radical (unpaired) electrons. The quantitative estimate of drug-likeness (QED) is 0.783. The summed E-state index contributed by atoms with van der Waals surface area (Å²) in [6.45, 7) is 2.45. The van der Waals surface area contributed by atoms with Gasteiger partial charge < -0.3 is 20.3 Å². The minimum absolute atomic E-state index is 0.0537. The molecule has 1 heterocycles. The summed E-state index contributed by atoms with van der Waals surface area (Å²) in [5, 5.41) is 5.30. The van der Waals surface area contributed by atoms with Gasteiger partial charge in [0, 0.05) is 32.6 Å². The van der Waals surface area contributed by atoms with Crippen LogP contribution in [0.3, 0.4) is 0 Å². The van der Waals surface area contributed by atoms with Crippen LogP contribution >= 0.6 is 0 Å². The molecular weight excluding hydrogens is 286 g/mol. The number of ether oxygens (including phenoxy) is 1. The Labute approximate surface area is 128 Å². The first kappa shape index (κ1) is 15.8. The molecule has 0 aliphatic carbocycles. The molecule has 0 unspecified atom stereocenters. The van der Waals surface area contributed by atoms with Gasteiger partial charge in [-0.15, -0.1) is 0 Å². The molecule has 0 bridgehead atoms. The number of carbonyl (C=O) groups excluding carboxylic acids is 3. The maximum atomic E-state index is 12.1. The zero-order valence-corrected chi connectivity index (χ0v) is 12.6. The third kappa shape index (κ3) is 3.75. The lowest BCUT2D eigenvalue weighted by molar-refractivity contribution is -0.119. The molecule has 0 spiro atoms. The number of carbonyl (C=O) groups is 3. The Kier molecular flexibility index (Phi) is 4.98. The normalized spacial score (nSPS) is 13.7. The van der Waals surface area contributed by atoms with E-state index >= 15 is 0 Å². The summed E-state index contributed by atoms with van der Waals surface area (Å²) in [6, 6.07) is 4.97. The van der Waals surface area contributed by atoms with Gasteiger partial charge in [-0.25, -0.2) is 0 Å². The predicted molar refractivity (Wildman–Crippen MR) is 81.0 cm³/mol. The van der Waals surface area contributed by atoms with Crippen LogP contribution in [-0.4, -0.2) is 44.5 Å². The molecule has 118 valence electrons. The summed E-state index contributed by atoms with van der Waals surface area (Å²) in [6.07, 6.45) is 0.309. The highest BCUT2D eigenvalue weighted by molar-refractivity contribution is 5.99. The minimum Gasteiger partial charge on any atom is -0.491 e. The van der Waals surface area contributed by atoms with Crippen LogP contribution in [0.15, 0.2) is 18.2 Å². The molecule has 7 heteroatoms. The molecule has 2 N–H and O–H groups in total. The largest absolute Gasteiger partial charge is 0.491 e. The maximum Gasteiger partial charge on any atom is 0.251 e. The summed E-state index contributed by atoms with van der Waals surface area (Å²) < 4.78 is 5.51. The van der Waals surface area contributed by atoms with Crippen LogP contribution in [0.2, 0.25) is 0 Å². The summed E-state index contributed by atoms with van der Waals surface area (Å²) >= 11 is 0. The summed E-state index contributed by atoms with van der Waals surface area (Å²) in [5.74, 6) is 0.125. The molecule has 1 aromatic rings. The summed E-state index contributed by atoms with van der Waals surface area (Å²) in [7, 11) is 1.66. The first-order valence-electron chi connectivity index (χ1n) is 7.05. The van der Waals surface area contributed by atoms with E-state index in [-0.39, 0.29) is 17.7 Å². The van der Waals surface area contributed by atoms with E-state index in [1.54, 1.807) is 25.2 Å². The summed E-state index contributed by atoms with van der Waals surface area (Å²) in [4.78, 5) is 36.2. The lowest BCUT2D eigenvalue weighted by Crippen LogP contribution is -2.33. The number of hydrogen-bond donors (Lipinski definition) is 2. The van der Waals surface area contributed by atoms with Gasteiger partial charge in [0.25, 0.3) is 5.91 Å². The number of nitrogens with zero attached hydrogens (tertiary/aromatic N) is 1. The maximum absolute atomic E-state index is 12.1. The van der Waals surface area contributed by atoms with Crippen LogP contribution in [0.1, 0.15) is 23.7 Å². The number of amides is 3. The average molecular weight is 305 g/mol. The molecule has 1 aliphatic rings. The van der Waals surface area contributed by atoms with Crippen molar-refractivity contribution in [2.45, 2.75) is 13.3 Å². The molecule has 0 saturated heterocycles. The number of nitrogens with one attached hydrogen (secondary N) is 2. The fourth-order valence-electron chi connectivity index (χ4n) is 2.11. The van der Waals surface area contributed by atoms with Crippen LogP contribution in [-0.2, 0) is 9.59 Å². The highest BCUT2D eigenvalue weighted by Gasteiger charge is 2.21. The molecule has 0 fully saturated rings. The van der Waals surface area contributed by atoms with Crippen LogP contribution in [0.25, 0.3) is 0 Å². The first-order chi connectivity index (χ1) is 10.5. The van der Waals surface area contributed by atoms with Gasteiger partial charge in [-0.2, -0.15) is 0 Å². The van der Waals surface area contributed by atoms with Crippen molar-refractivity contribution in [2.24, 2.45) is 0 Å². The van der Waals surface area contributed by atoms with Gasteiger partial charge in [0.1, 0.15) is 5.75 Å². The number of anilines is 1. The monoisotopic (exact) mass is 305 g/mol. The Morgan fingerprint density at radius 1 is 1.27 bits per heavy atom.